The summed E-state index contributed by atoms with van der Waals surface area (Å²) >= 11 is 0. The largest absolute Gasteiger partial charge is 0.378 e. The van der Waals surface area contributed by atoms with Crippen molar-refractivity contribution in [2.24, 2.45) is 5.14 Å². The summed E-state index contributed by atoms with van der Waals surface area (Å²) in [5.41, 5.74) is 1.10. The van der Waals surface area contributed by atoms with Crippen molar-refractivity contribution in [3.8, 4) is 0 Å². The topological polar surface area (TPSA) is 81.4 Å². The molecule has 2 rings (SSSR count). The molecule has 0 bridgehead atoms. The van der Waals surface area contributed by atoms with Crippen LogP contribution in [0.5, 0.6) is 0 Å². The smallest absolute Gasteiger partial charge is 0.238 e. The van der Waals surface area contributed by atoms with Crippen molar-refractivity contribution >= 4 is 10.0 Å². The molecule has 20 heavy (non-hydrogen) atoms. The van der Waals surface area contributed by atoms with E-state index in [1.165, 1.54) is 0 Å². The summed E-state index contributed by atoms with van der Waals surface area (Å²) in [7, 11) is -3.59. The van der Waals surface area contributed by atoms with Crippen molar-refractivity contribution in [3.63, 3.8) is 0 Å². The molecule has 1 aromatic rings. The van der Waals surface area contributed by atoms with Gasteiger partial charge in [-0.25, -0.2) is 13.6 Å². The molecule has 0 spiro atoms. The molecule has 5 nitrogen and oxygen atoms in total. The average Bonchev–Trinajstić information content (AvgIpc) is 2.35. The number of nitrogens with two attached hydrogens (primary N) is 1. The summed E-state index contributed by atoms with van der Waals surface area (Å²) in [4.78, 5) is 0.160. The Kier molecular flexibility index (Phi) is 5.15. The third kappa shape index (κ3) is 4.28. The van der Waals surface area contributed by atoms with E-state index >= 15 is 0 Å². The summed E-state index contributed by atoms with van der Waals surface area (Å²) in [5, 5.41) is 8.54. The minimum Gasteiger partial charge on any atom is -0.378 e. The van der Waals surface area contributed by atoms with Crippen LogP contribution in [0.15, 0.2) is 29.2 Å². The van der Waals surface area contributed by atoms with Gasteiger partial charge in [0.05, 0.1) is 11.0 Å². The summed E-state index contributed by atoms with van der Waals surface area (Å²) in [6.07, 6.45) is 3.46. The molecule has 1 aliphatic rings. The third-order valence-corrected chi connectivity index (χ3v) is 4.52. The van der Waals surface area contributed by atoms with Crippen molar-refractivity contribution in [3.05, 3.63) is 29.8 Å². The molecule has 0 aromatic heterocycles. The highest BCUT2D eigenvalue weighted by Gasteiger charge is 2.28. The van der Waals surface area contributed by atoms with Crippen molar-refractivity contribution in [1.82, 2.24) is 5.32 Å². The maximum Gasteiger partial charge on any atom is 0.238 e. The molecule has 1 fully saturated rings. The van der Waals surface area contributed by atoms with E-state index in [0.29, 0.717) is 12.1 Å². The second kappa shape index (κ2) is 6.67. The number of hydrogen-bond donors (Lipinski definition) is 2. The van der Waals surface area contributed by atoms with Crippen LogP contribution in [-0.4, -0.2) is 33.7 Å². The molecular formula is C14H22N2O3S. The van der Waals surface area contributed by atoms with Crippen LogP contribution in [0, 0.1) is 0 Å². The van der Waals surface area contributed by atoms with Gasteiger partial charge in [0, 0.05) is 12.6 Å². The van der Waals surface area contributed by atoms with E-state index in [1.54, 1.807) is 12.1 Å². The van der Waals surface area contributed by atoms with Crippen LogP contribution in [0.3, 0.4) is 0 Å². The number of rotatable bonds is 7. The Hall–Kier alpha value is -0.950. The molecule has 0 radical (unpaired) electrons. The van der Waals surface area contributed by atoms with Gasteiger partial charge in [0.1, 0.15) is 0 Å². The van der Waals surface area contributed by atoms with Crippen molar-refractivity contribution in [2.75, 3.05) is 13.2 Å². The summed E-state index contributed by atoms with van der Waals surface area (Å²) in [6.45, 7) is 3.69. The Bertz CT molecular complexity index is 522. The lowest BCUT2D eigenvalue weighted by atomic mass is 9.89. The summed E-state index contributed by atoms with van der Waals surface area (Å²) in [5.74, 6) is 0. The highest BCUT2D eigenvalue weighted by Crippen LogP contribution is 2.23. The van der Waals surface area contributed by atoms with Crippen LogP contribution in [0.25, 0.3) is 0 Å². The molecule has 112 valence electrons. The highest BCUT2D eigenvalue weighted by atomic mass is 32.2. The van der Waals surface area contributed by atoms with Gasteiger partial charge in [-0.15, -0.1) is 0 Å². The number of nitrogens with one attached hydrogen (secondary N) is 1. The lowest BCUT2D eigenvalue weighted by Crippen LogP contribution is -2.46. The first-order valence-corrected chi connectivity index (χ1v) is 8.50. The van der Waals surface area contributed by atoms with Gasteiger partial charge in [0.2, 0.25) is 10.0 Å². The van der Waals surface area contributed by atoms with E-state index in [2.05, 4.69) is 5.32 Å². The standard InChI is InChI=1S/C14H22N2O3S/c1-2-19-13-9-12(10-13)16-8-7-11-3-5-14(6-4-11)20(15,17)18/h3-6,12-13,16H,2,7-10H2,1H3,(H2,15,17,18). The minimum absolute atomic E-state index is 0.160. The van der Waals surface area contributed by atoms with E-state index in [1.807, 2.05) is 19.1 Å². The molecule has 0 saturated heterocycles. The van der Waals surface area contributed by atoms with Crippen LogP contribution in [-0.2, 0) is 21.2 Å². The molecule has 1 saturated carbocycles. The van der Waals surface area contributed by atoms with Crippen molar-refractivity contribution < 1.29 is 13.2 Å². The number of sulfonamides is 1. The van der Waals surface area contributed by atoms with E-state index in [0.717, 1.165) is 38.0 Å². The lowest BCUT2D eigenvalue weighted by Gasteiger charge is -2.35. The van der Waals surface area contributed by atoms with Gasteiger partial charge in [-0.05, 0) is 50.4 Å². The van der Waals surface area contributed by atoms with Gasteiger partial charge in [0.15, 0.2) is 0 Å². The Morgan fingerprint density at radius 1 is 1.30 bits per heavy atom. The summed E-state index contributed by atoms with van der Waals surface area (Å²) < 4.78 is 27.8. The van der Waals surface area contributed by atoms with Crippen LogP contribution >= 0.6 is 0 Å². The zero-order valence-corrected chi connectivity index (χ0v) is 12.5. The van der Waals surface area contributed by atoms with Crippen LogP contribution in [0.2, 0.25) is 0 Å². The predicted octanol–water partition coefficient (Wildman–Crippen LogP) is 1.03. The quantitative estimate of drug-likeness (QED) is 0.788. The Labute approximate surface area is 120 Å². The Morgan fingerprint density at radius 3 is 2.50 bits per heavy atom. The van der Waals surface area contributed by atoms with E-state index in [9.17, 15) is 8.42 Å². The maximum absolute atomic E-state index is 11.1. The molecule has 0 atom stereocenters. The molecule has 0 heterocycles. The number of primary sulfonamides is 1. The first-order chi connectivity index (χ1) is 9.49. The molecule has 0 amide bonds. The van der Waals surface area contributed by atoms with E-state index < -0.39 is 10.0 Å². The van der Waals surface area contributed by atoms with Gasteiger partial charge in [0.25, 0.3) is 0 Å². The fourth-order valence-corrected chi connectivity index (χ4v) is 2.89. The normalized spacial score (nSPS) is 22.5. The Morgan fingerprint density at radius 2 is 1.95 bits per heavy atom. The van der Waals surface area contributed by atoms with E-state index in [4.69, 9.17) is 9.88 Å². The first kappa shape index (κ1) is 15.4. The zero-order chi connectivity index (χ0) is 14.6. The second-order valence-corrected chi connectivity index (χ2v) is 6.70. The van der Waals surface area contributed by atoms with Gasteiger partial charge >= 0.3 is 0 Å². The number of hydrogen-bond acceptors (Lipinski definition) is 4. The Balaban J connectivity index is 1.70. The molecule has 3 N–H and O–H groups in total. The number of ether oxygens (including phenoxy) is 1. The van der Waals surface area contributed by atoms with Crippen LogP contribution < -0.4 is 10.5 Å². The molecule has 0 unspecified atom stereocenters. The molecular weight excluding hydrogens is 276 g/mol. The zero-order valence-electron chi connectivity index (χ0n) is 11.7. The molecule has 1 aromatic carbocycles. The second-order valence-electron chi connectivity index (χ2n) is 5.14. The SMILES string of the molecule is CCOC1CC(NCCc2ccc(S(N)(=O)=O)cc2)C1. The van der Waals surface area contributed by atoms with Gasteiger partial charge in [-0.3, -0.25) is 0 Å². The monoisotopic (exact) mass is 298 g/mol. The third-order valence-electron chi connectivity index (χ3n) is 3.60. The fourth-order valence-electron chi connectivity index (χ4n) is 2.37. The van der Waals surface area contributed by atoms with Gasteiger partial charge < -0.3 is 10.1 Å². The van der Waals surface area contributed by atoms with Crippen LogP contribution in [0.4, 0.5) is 0 Å². The summed E-state index contributed by atoms with van der Waals surface area (Å²) in [6, 6.07) is 7.28. The molecule has 0 aliphatic heterocycles. The first-order valence-electron chi connectivity index (χ1n) is 6.95. The maximum atomic E-state index is 11.1. The average molecular weight is 298 g/mol. The fraction of sp³-hybridized carbons (Fsp3) is 0.571. The van der Waals surface area contributed by atoms with Crippen molar-refractivity contribution in [2.45, 2.75) is 43.2 Å². The van der Waals surface area contributed by atoms with Gasteiger partial charge in [-0.2, -0.15) is 0 Å². The highest BCUT2D eigenvalue weighted by molar-refractivity contribution is 7.89. The molecule has 1 aliphatic carbocycles. The minimum atomic E-state index is -3.59. The van der Waals surface area contributed by atoms with Gasteiger partial charge in [-0.1, -0.05) is 12.1 Å². The number of benzene rings is 1. The van der Waals surface area contributed by atoms with Crippen LogP contribution in [0.1, 0.15) is 25.3 Å². The molecule has 6 heteroatoms. The predicted molar refractivity (Wildman–Crippen MR) is 78.0 cm³/mol. The van der Waals surface area contributed by atoms with Crippen molar-refractivity contribution in [1.29, 1.82) is 0 Å². The lowest BCUT2D eigenvalue weighted by molar-refractivity contribution is -0.00960. The van der Waals surface area contributed by atoms with E-state index in [-0.39, 0.29) is 4.90 Å².